The molecule has 1 saturated carbocycles. The zero-order valence-corrected chi connectivity index (χ0v) is 36.8. The molecule has 1 aliphatic rings. The van der Waals surface area contributed by atoms with E-state index in [2.05, 4.69) is 26.0 Å². The van der Waals surface area contributed by atoms with Crippen LogP contribution in [-0.4, -0.2) is 98.9 Å². The first-order chi connectivity index (χ1) is 27.5. The van der Waals surface area contributed by atoms with Gasteiger partial charge in [0.2, 0.25) is 0 Å². The Bertz CT molecular complexity index is 1000. The molecular weight excluding hydrogens is 751 g/mol. The van der Waals surface area contributed by atoms with Crippen LogP contribution in [0.4, 0.5) is 0 Å². The van der Waals surface area contributed by atoms with Crippen LogP contribution in [-0.2, 0) is 27.9 Å². The van der Waals surface area contributed by atoms with Gasteiger partial charge in [-0.25, -0.2) is 4.57 Å². The maximum absolute atomic E-state index is 12.8. The standard InChI is InChI=1S/C44H85O12P/c1-3-5-7-9-11-13-15-17-19-21-23-25-27-29-31-33-38(45)55-37(36-54-57(51,52)56-44-42(49)40(47)39(46)41(48)43(44)50)35-53-34-32-30-28-26-24-22-20-18-16-14-12-10-8-6-4-2/h16,18,37,39-44,46-50H,3-15,17,19-36H2,1-2H3,(H,51,52)/b18-16-. The van der Waals surface area contributed by atoms with Crippen LogP contribution in [0.15, 0.2) is 12.2 Å². The Kier molecular flexibility index (Phi) is 34.0. The zero-order chi connectivity index (χ0) is 42.0. The second-order valence-corrected chi connectivity index (χ2v) is 17.7. The molecule has 0 saturated heterocycles. The molecule has 1 rings (SSSR count). The van der Waals surface area contributed by atoms with E-state index < -0.39 is 63.1 Å². The minimum absolute atomic E-state index is 0.0756. The molecule has 1 fully saturated rings. The Morgan fingerprint density at radius 2 is 0.930 bits per heavy atom. The quantitative estimate of drug-likeness (QED) is 0.0149. The number of hydrogen-bond acceptors (Lipinski definition) is 11. The Labute approximate surface area is 346 Å². The molecule has 0 aromatic carbocycles. The predicted molar refractivity (Wildman–Crippen MR) is 226 cm³/mol. The molecule has 57 heavy (non-hydrogen) atoms. The SMILES string of the molecule is CCCCCCC/C=C\CCCCCCCCOCC(COP(=O)(O)OC1C(O)C(O)C(O)C(O)C1O)OC(=O)CCCCCCCCCCCCCCCCC. The first-order valence-corrected chi connectivity index (χ1v) is 24.5. The van der Waals surface area contributed by atoms with Gasteiger partial charge in [-0.15, -0.1) is 0 Å². The number of carbonyl (C=O) groups is 1. The van der Waals surface area contributed by atoms with Gasteiger partial charge in [-0.05, 0) is 38.5 Å². The van der Waals surface area contributed by atoms with Crippen LogP contribution in [0.3, 0.4) is 0 Å². The summed E-state index contributed by atoms with van der Waals surface area (Å²) in [6.07, 6.45) is 25.6. The molecule has 6 unspecified atom stereocenters. The van der Waals surface area contributed by atoms with Gasteiger partial charge in [0.05, 0.1) is 13.2 Å². The van der Waals surface area contributed by atoms with Gasteiger partial charge in [0.1, 0.15) is 42.7 Å². The van der Waals surface area contributed by atoms with Crippen LogP contribution < -0.4 is 0 Å². The zero-order valence-electron chi connectivity index (χ0n) is 35.9. The molecule has 0 aliphatic heterocycles. The molecule has 1 aliphatic carbocycles. The summed E-state index contributed by atoms with van der Waals surface area (Å²) in [6, 6.07) is 0. The van der Waals surface area contributed by atoms with Crippen molar-refractivity contribution in [2.45, 2.75) is 243 Å². The van der Waals surface area contributed by atoms with Crippen LogP contribution in [0.1, 0.15) is 200 Å². The van der Waals surface area contributed by atoms with E-state index in [9.17, 15) is 39.8 Å². The van der Waals surface area contributed by atoms with E-state index in [4.69, 9.17) is 18.5 Å². The maximum atomic E-state index is 12.8. The fourth-order valence-corrected chi connectivity index (χ4v) is 8.15. The lowest BCUT2D eigenvalue weighted by atomic mass is 9.85. The van der Waals surface area contributed by atoms with E-state index >= 15 is 0 Å². The van der Waals surface area contributed by atoms with E-state index in [-0.39, 0.29) is 13.0 Å². The first-order valence-electron chi connectivity index (χ1n) is 23.0. The first kappa shape index (κ1) is 54.1. The Morgan fingerprint density at radius 1 is 0.544 bits per heavy atom. The summed E-state index contributed by atoms with van der Waals surface area (Å²) in [6.45, 7) is 4.25. The Hall–Kier alpha value is -0.920. The van der Waals surface area contributed by atoms with Crippen LogP contribution in [0.5, 0.6) is 0 Å². The van der Waals surface area contributed by atoms with Crippen LogP contribution in [0.25, 0.3) is 0 Å². The summed E-state index contributed by atoms with van der Waals surface area (Å²) in [4.78, 5) is 23.1. The molecular formula is C44H85O12P. The normalized spacial score (nSPS) is 22.9. The minimum Gasteiger partial charge on any atom is -0.457 e. The minimum atomic E-state index is -5.01. The van der Waals surface area contributed by atoms with E-state index in [0.29, 0.717) is 13.0 Å². The van der Waals surface area contributed by atoms with Crippen molar-refractivity contribution in [2.24, 2.45) is 0 Å². The molecule has 0 heterocycles. The van der Waals surface area contributed by atoms with Gasteiger partial charge in [0, 0.05) is 13.0 Å². The monoisotopic (exact) mass is 837 g/mol. The number of aliphatic hydroxyl groups is 5. The molecule has 0 bridgehead atoms. The highest BCUT2D eigenvalue weighted by molar-refractivity contribution is 7.47. The highest BCUT2D eigenvalue weighted by Crippen LogP contribution is 2.47. The summed E-state index contributed by atoms with van der Waals surface area (Å²) in [5, 5.41) is 50.1. The van der Waals surface area contributed by atoms with Crippen molar-refractivity contribution in [2.75, 3.05) is 19.8 Å². The smallest absolute Gasteiger partial charge is 0.457 e. The Balaban J connectivity index is 2.40. The highest BCUT2D eigenvalue weighted by atomic mass is 31.2. The fourth-order valence-electron chi connectivity index (χ4n) is 7.17. The van der Waals surface area contributed by atoms with E-state index in [1.165, 1.54) is 122 Å². The molecule has 13 heteroatoms. The molecule has 0 amide bonds. The number of hydrogen-bond donors (Lipinski definition) is 6. The van der Waals surface area contributed by atoms with E-state index in [1.54, 1.807) is 0 Å². The van der Waals surface area contributed by atoms with Gasteiger partial charge >= 0.3 is 13.8 Å². The Morgan fingerprint density at radius 3 is 1.39 bits per heavy atom. The number of ether oxygens (including phenoxy) is 2. The number of unbranched alkanes of at least 4 members (excludes halogenated alkanes) is 25. The third kappa shape index (κ3) is 28.3. The van der Waals surface area contributed by atoms with Crippen molar-refractivity contribution in [1.29, 1.82) is 0 Å². The topological polar surface area (TPSA) is 192 Å². The molecule has 12 nitrogen and oxygen atoms in total. The van der Waals surface area contributed by atoms with Crippen molar-refractivity contribution < 1.29 is 58.3 Å². The summed E-state index contributed by atoms with van der Waals surface area (Å²) < 4.78 is 34.2. The average Bonchev–Trinajstić information content (AvgIpc) is 3.19. The number of esters is 1. The van der Waals surface area contributed by atoms with Gasteiger partial charge in [0.15, 0.2) is 0 Å². The van der Waals surface area contributed by atoms with Crippen LogP contribution >= 0.6 is 7.82 Å². The number of allylic oxidation sites excluding steroid dienone is 2. The van der Waals surface area contributed by atoms with Crippen LogP contribution in [0, 0.1) is 0 Å². The largest absolute Gasteiger partial charge is 0.472 e. The predicted octanol–water partition coefficient (Wildman–Crippen LogP) is 9.14. The highest BCUT2D eigenvalue weighted by Gasteiger charge is 2.51. The molecule has 6 atom stereocenters. The molecule has 338 valence electrons. The third-order valence-electron chi connectivity index (χ3n) is 10.9. The number of phosphoric ester groups is 1. The van der Waals surface area contributed by atoms with Gasteiger partial charge < -0.3 is 39.9 Å². The second-order valence-electron chi connectivity index (χ2n) is 16.3. The number of rotatable bonds is 39. The summed E-state index contributed by atoms with van der Waals surface area (Å²) >= 11 is 0. The van der Waals surface area contributed by atoms with Crippen LogP contribution in [0.2, 0.25) is 0 Å². The summed E-state index contributed by atoms with van der Waals surface area (Å²) in [5.41, 5.74) is 0. The number of aliphatic hydroxyl groups excluding tert-OH is 5. The third-order valence-corrected chi connectivity index (χ3v) is 11.9. The van der Waals surface area contributed by atoms with E-state index in [1.807, 2.05) is 0 Å². The lowest BCUT2D eigenvalue weighted by Crippen LogP contribution is -2.64. The lowest BCUT2D eigenvalue weighted by Gasteiger charge is -2.41. The van der Waals surface area contributed by atoms with Crippen molar-refractivity contribution in [1.82, 2.24) is 0 Å². The summed E-state index contributed by atoms with van der Waals surface area (Å²) in [5.74, 6) is -0.476. The van der Waals surface area contributed by atoms with Crippen molar-refractivity contribution in [3.8, 4) is 0 Å². The fraction of sp³-hybridized carbons (Fsp3) is 0.932. The van der Waals surface area contributed by atoms with E-state index in [0.717, 1.165) is 51.4 Å². The molecule has 0 aromatic heterocycles. The molecule has 0 radical (unpaired) electrons. The lowest BCUT2D eigenvalue weighted by molar-refractivity contribution is -0.220. The van der Waals surface area contributed by atoms with Crippen molar-refractivity contribution >= 4 is 13.8 Å². The molecule has 6 N–H and O–H groups in total. The number of carbonyl (C=O) groups excluding carboxylic acids is 1. The maximum Gasteiger partial charge on any atom is 0.472 e. The molecule has 0 spiro atoms. The van der Waals surface area contributed by atoms with Gasteiger partial charge in [-0.3, -0.25) is 13.8 Å². The number of phosphoric acid groups is 1. The second kappa shape index (κ2) is 35.8. The van der Waals surface area contributed by atoms with Crippen molar-refractivity contribution in [3.05, 3.63) is 12.2 Å². The average molecular weight is 837 g/mol. The van der Waals surface area contributed by atoms with Gasteiger partial charge in [-0.2, -0.15) is 0 Å². The van der Waals surface area contributed by atoms with Gasteiger partial charge in [-0.1, -0.05) is 167 Å². The van der Waals surface area contributed by atoms with Crippen molar-refractivity contribution in [3.63, 3.8) is 0 Å². The molecule has 0 aromatic rings. The van der Waals surface area contributed by atoms with Gasteiger partial charge in [0.25, 0.3) is 0 Å². The summed E-state index contributed by atoms with van der Waals surface area (Å²) in [7, 11) is -5.01.